The molecule has 0 unspecified atom stereocenters. The normalized spacial score (nSPS) is 11.1. The Kier molecular flexibility index (Phi) is 8.27. The number of hydrazone groups is 1. The molecule has 2 aromatic heterocycles. The second-order valence-electron chi connectivity index (χ2n) is 6.33. The van der Waals surface area contributed by atoms with E-state index in [-0.39, 0.29) is 17.3 Å². The summed E-state index contributed by atoms with van der Waals surface area (Å²) in [6.45, 7) is 2.41. The summed E-state index contributed by atoms with van der Waals surface area (Å²) >= 11 is 14.4. The predicted molar refractivity (Wildman–Crippen MR) is 131 cm³/mol. The maximum atomic E-state index is 13.2. The molecule has 0 aliphatic carbocycles. The van der Waals surface area contributed by atoms with Crippen LogP contribution in [0.1, 0.15) is 26.3 Å². The highest BCUT2D eigenvalue weighted by atomic mass is 35.5. The summed E-state index contributed by atoms with van der Waals surface area (Å²) in [6, 6.07) is 8.13. The number of nitrogens with one attached hydrogen (secondary N) is 1. The fourth-order valence-electron chi connectivity index (χ4n) is 2.71. The molecule has 32 heavy (non-hydrogen) atoms. The third-order valence-corrected chi connectivity index (χ3v) is 7.03. The molecule has 0 aliphatic heterocycles. The van der Waals surface area contributed by atoms with Crippen molar-refractivity contribution in [2.24, 2.45) is 5.10 Å². The number of hydrogen-bond donors (Lipinski definition) is 2. The number of amides is 2. The second-order valence-corrected chi connectivity index (χ2v) is 9.11. The zero-order chi connectivity index (χ0) is 23.3. The van der Waals surface area contributed by atoms with Gasteiger partial charge in [-0.05, 0) is 36.8 Å². The summed E-state index contributed by atoms with van der Waals surface area (Å²) in [5, 5.41) is 21.2. The summed E-state index contributed by atoms with van der Waals surface area (Å²) in [5.41, 5.74) is 0.880. The van der Waals surface area contributed by atoms with E-state index >= 15 is 0 Å². The van der Waals surface area contributed by atoms with Gasteiger partial charge in [-0.15, -0.1) is 22.7 Å². The van der Waals surface area contributed by atoms with Crippen molar-refractivity contribution in [2.45, 2.75) is 6.92 Å². The Balaban J connectivity index is 1.87. The summed E-state index contributed by atoms with van der Waals surface area (Å²) in [4.78, 5) is 26.6. The van der Waals surface area contributed by atoms with Gasteiger partial charge in [-0.25, -0.2) is 0 Å². The van der Waals surface area contributed by atoms with E-state index < -0.39 is 5.91 Å². The minimum atomic E-state index is -0.474. The molecule has 168 valence electrons. The molecule has 2 amide bonds. The highest BCUT2D eigenvalue weighted by Crippen LogP contribution is 2.45. The number of aromatic hydroxyl groups is 1. The Morgan fingerprint density at radius 2 is 1.97 bits per heavy atom. The number of carbonyl (C=O) groups is 2. The van der Waals surface area contributed by atoms with Gasteiger partial charge in [0.25, 0.3) is 11.8 Å². The number of nitrogens with zero attached hydrogens (tertiary/aromatic N) is 2. The topological polar surface area (TPSA) is 91.2 Å². The maximum absolute atomic E-state index is 13.2. The molecule has 0 bridgehead atoms. The van der Waals surface area contributed by atoms with Crippen molar-refractivity contribution in [1.29, 1.82) is 0 Å². The van der Waals surface area contributed by atoms with Crippen LogP contribution in [0, 0.1) is 0 Å². The van der Waals surface area contributed by atoms with Gasteiger partial charge in [0.05, 0.1) is 31.3 Å². The summed E-state index contributed by atoms with van der Waals surface area (Å²) < 4.78 is 4.91. The van der Waals surface area contributed by atoms with Crippen LogP contribution in [-0.4, -0.2) is 43.4 Å². The molecule has 1 aromatic carbocycles. The van der Waals surface area contributed by atoms with E-state index in [9.17, 15) is 14.7 Å². The molecule has 0 aliphatic rings. The van der Waals surface area contributed by atoms with E-state index in [1.165, 1.54) is 17.6 Å². The molecule has 0 fully saturated rings. The first-order valence-electron chi connectivity index (χ1n) is 9.33. The van der Waals surface area contributed by atoms with E-state index in [0.717, 1.165) is 16.3 Å². The maximum Gasteiger partial charge on any atom is 0.288 e. The largest absolute Gasteiger partial charge is 0.504 e. The SMILES string of the molecule is CC=NN(C(=O)c1ccc(C(=O)NCCOC)s1)c1csc(-c2ccc(Cl)c(Cl)c2)c1O. The summed E-state index contributed by atoms with van der Waals surface area (Å²) in [7, 11) is 1.55. The van der Waals surface area contributed by atoms with Crippen LogP contribution in [0.5, 0.6) is 5.75 Å². The standard InChI is InChI=1S/C21H19Cl2N3O4S2/c1-3-25-26(21(29)17-7-6-16(32-17)20(28)24-8-9-30-2)15-11-31-19(18(15)27)12-4-5-13(22)14(23)10-12/h3-7,10-11,27H,8-9H2,1-2H3,(H,24,28). The average molecular weight is 512 g/mol. The van der Waals surface area contributed by atoms with E-state index in [2.05, 4.69) is 10.4 Å². The molecule has 2 heterocycles. The highest BCUT2D eigenvalue weighted by molar-refractivity contribution is 7.16. The number of benzene rings is 1. The monoisotopic (exact) mass is 511 g/mol. The number of anilines is 1. The Hall–Kier alpha value is -2.43. The minimum Gasteiger partial charge on any atom is -0.504 e. The smallest absolute Gasteiger partial charge is 0.288 e. The van der Waals surface area contributed by atoms with E-state index in [0.29, 0.717) is 43.4 Å². The molecular weight excluding hydrogens is 493 g/mol. The fourth-order valence-corrected chi connectivity index (χ4v) is 4.77. The van der Waals surface area contributed by atoms with Gasteiger partial charge in [0.15, 0.2) is 5.75 Å². The molecule has 0 saturated carbocycles. The number of halogens is 2. The molecule has 2 N–H and O–H groups in total. The van der Waals surface area contributed by atoms with E-state index in [1.54, 1.807) is 49.7 Å². The average Bonchev–Trinajstić information content (AvgIpc) is 3.41. The first-order chi connectivity index (χ1) is 15.4. The Morgan fingerprint density at radius 3 is 2.66 bits per heavy atom. The first kappa shape index (κ1) is 24.2. The molecule has 3 rings (SSSR count). The van der Waals surface area contributed by atoms with Gasteiger partial charge in [-0.3, -0.25) is 9.59 Å². The first-order valence-corrected chi connectivity index (χ1v) is 11.8. The second kappa shape index (κ2) is 10.9. The minimum absolute atomic E-state index is 0.110. The van der Waals surface area contributed by atoms with Crippen molar-refractivity contribution in [2.75, 3.05) is 25.3 Å². The van der Waals surface area contributed by atoms with Crippen molar-refractivity contribution in [1.82, 2.24) is 5.32 Å². The van der Waals surface area contributed by atoms with Gasteiger partial charge in [0.2, 0.25) is 0 Å². The lowest BCUT2D eigenvalue weighted by Crippen LogP contribution is -2.26. The van der Waals surface area contributed by atoms with Crippen molar-refractivity contribution >= 4 is 69.6 Å². The van der Waals surface area contributed by atoms with Crippen molar-refractivity contribution in [3.8, 4) is 16.2 Å². The fraction of sp³-hybridized carbons (Fsp3) is 0.190. The van der Waals surface area contributed by atoms with E-state index in [1.807, 2.05) is 0 Å². The van der Waals surface area contributed by atoms with Gasteiger partial charge in [0, 0.05) is 25.2 Å². The molecule has 11 heteroatoms. The molecule has 0 atom stereocenters. The zero-order valence-electron chi connectivity index (χ0n) is 17.1. The van der Waals surface area contributed by atoms with Gasteiger partial charge in [-0.1, -0.05) is 29.3 Å². The van der Waals surface area contributed by atoms with Gasteiger partial charge in [0.1, 0.15) is 5.69 Å². The highest BCUT2D eigenvalue weighted by Gasteiger charge is 2.26. The number of methoxy groups -OCH3 is 1. The van der Waals surface area contributed by atoms with Crippen LogP contribution in [0.15, 0.2) is 40.8 Å². The molecular formula is C21H19Cl2N3O4S2. The predicted octanol–water partition coefficient (Wildman–Crippen LogP) is 5.52. The van der Waals surface area contributed by atoms with Crippen LogP contribution < -0.4 is 10.3 Å². The van der Waals surface area contributed by atoms with Crippen LogP contribution >= 0.6 is 45.9 Å². The number of thiophene rings is 2. The van der Waals surface area contributed by atoms with Crippen LogP contribution in [0.2, 0.25) is 10.0 Å². The molecule has 0 radical (unpaired) electrons. The number of ether oxygens (including phenoxy) is 1. The van der Waals surface area contributed by atoms with Gasteiger partial charge in [-0.2, -0.15) is 10.1 Å². The van der Waals surface area contributed by atoms with Crippen LogP contribution in [-0.2, 0) is 4.74 Å². The molecule has 0 spiro atoms. The van der Waals surface area contributed by atoms with Crippen LogP contribution in [0.4, 0.5) is 5.69 Å². The lowest BCUT2D eigenvalue weighted by molar-refractivity contribution is 0.0940. The van der Waals surface area contributed by atoms with E-state index in [4.69, 9.17) is 27.9 Å². The molecule has 7 nitrogen and oxygen atoms in total. The molecule has 0 saturated heterocycles. The van der Waals surface area contributed by atoms with Crippen LogP contribution in [0.25, 0.3) is 10.4 Å². The Bertz CT molecular complexity index is 1160. The van der Waals surface area contributed by atoms with Crippen LogP contribution in [0.3, 0.4) is 0 Å². The third kappa shape index (κ3) is 5.31. The Morgan fingerprint density at radius 1 is 1.22 bits per heavy atom. The van der Waals surface area contributed by atoms with Gasteiger partial charge < -0.3 is 15.2 Å². The third-order valence-electron chi connectivity index (χ3n) is 4.21. The summed E-state index contributed by atoms with van der Waals surface area (Å²) in [6.07, 6.45) is 1.44. The number of carbonyl (C=O) groups excluding carboxylic acids is 2. The zero-order valence-corrected chi connectivity index (χ0v) is 20.2. The Labute approximate surface area is 202 Å². The van der Waals surface area contributed by atoms with Crippen molar-refractivity contribution in [3.63, 3.8) is 0 Å². The van der Waals surface area contributed by atoms with Crippen molar-refractivity contribution in [3.05, 3.63) is 55.5 Å². The lowest BCUT2D eigenvalue weighted by atomic mass is 10.1. The number of hydrogen-bond acceptors (Lipinski definition) is 7. The van der Waals surface area contributed by atoms with Crippen molar-refractivity contribution < 1.29 is 19.4 Å². The lowest BCUT2D eigenvalue weighted by Gasteiger charge is -2.15. The molecule has 3 aromatic rings. The summed E-state index contributed by atoms with van der Waals surface area (Å²) in [5.74, 6) is -0.879. The quantitative estimate of drug-likeness (QED) is 0.236. The van der Waals surface area contributed by atoms with Gasteiger partial charge >= 0.3 is 0 Å². The number of rotatable bonds is 8.